The first-order valence-electron chi connectivity index (χ1n) is 7.38. The second kappa shape index (κ2) is 9.37. The molecule has 0 aliphatic carbocycles. The number of rotatable bonds is 9. The summed E-state index contributed by atoms with van der Waals surface area (Å²) in [5.74, 6) is 0.618. The zero-order valence-corrected chi connectivity index (χ0v) is 13.2. The molecule has 21 heavy (non-hydrogen) atoms. The molecule has 2 N–H and O–H groups in total. The molecule has 0 aliphatic heterocycles. The van der Waals surface area contributed by atoms with Gasteiger partial charge >= 0.3 is 5.97 Å². The lowest BCUT2D eigenvalue weighted by Gasteiger charge is -2.21. The van der Waals surface area contributed by atoms with Crippen LogP contribution in [0.3, 0.4) is 0 Å². The van der Waals surface area contributed by atoms with Crippen molar-refractivity contribution in [1.82, 2.24) is 4.90 Å². The van der Waals surface area contributed by atoms with Crippen molar-refractivity contribution in [3.05, 3.63) is 29.3 Å². The number of carbonyl (C=O) groups excluding carboxylic acids is 1. The van der Waals surface area contributed by atoms with Gasteiger partial charge in [-0.05, 0) is 37.6 Å². The van der Waals surface area contributed by atoms with Crippen LogP contribution < -0.4 is 10.5 Å². The quantitative estimate of drug-likeness (QED) is 0.705. The van der Waals surface area contributed by atoms with Crippen LogP contribution in [0.4, 0.5) is 0 Å². The van der Waals surface area contributed by atoms with Crippen molar-refractivity contribution in [2.75, 3.05) is 26.8 Å². The summed E-state index contributed by atoms with van der Waals surface area (Å²) in [6.45, 7) is 6.62. The number of methoxy groups -OCH3 is 1. The van der Waals surface area contributed by atoms with Crippen molar-refractivity contribution in [1.29, 1.82) is 0 Å². The first-order valence-corrected chi connectivity index (χ1v) is 7.38. The van der Waals surface area contributed by atoms with Crippen molar-refractivity contribution >= 4 is 5.97 Å². The van der Waals surface area contributed by atoms with E-state index in [1.165, 1.54) is 0 Å². The summed E-state index contributed by atoms with van der Waals surface area (Å²) in [5.41, 5.74) is 7.83. The molecule has 0 amide bonds. The van der Waals surface area contributed by atoms with E-state index in [-0.39, 0.29) is 5.97 Å². The molecule has 0 radical (unpaired) electrons. The highest BCUT2D eigenvalue weighted by molar-refractivity contribution is 5.71. The average molecular weight is 294 g/mol. The first-order chi connectivity index (χ1) is 10.1. The molecule has 0 spiro atoms. The van der Waals surface area contributed by atoms with Gasteiger partial charge in [0, 0.05) is 18.7 Å². The molecule has 0 fully saturated rings. The Labute approximate surface area is 127 Å². The van der Waals surface area contributed by atoms with E-state index in [4.69, 9.17) is 15.2 Å². The Kier molecular flexibility index (Phi) is 7.79. The van der Waals surface area contributed by atoms with Crippen molar-refractivity contribution in [2.45, 2.75) is 33.4 Å². The van der Waals surface area contributed by atoms with E-state index < -0.39 is 0 Å². The van der Waals surface area contributed by atoms with Gasteiger partial charge in [0.15, 0.2) is 0 Å². The number of carbonyl (C=O) groups is 1. The lowest BCUT2D eigenvalue weighted by molar-refractivity contribution is -0.144. The van der Waals surface area contributed by atoms with E-state index in [0.29, 0.717) is 26.2 Å². The summed E-state index contributed by atoms with van der Waals surface area (Å²) < 4.78 is 10.3. The Morgan fingerprint density at radius 2 is 2.10 bits per heavy atom. The molecule has 1 aromatic rings. The van der Waals surface area contributed by atoms with Gasteiger partial charge in [-0.25, -0.2) is 0 Å². The zero-order chi connectivity index (χ0) is 15.7. The van der Waals surface area contributed by atoms with Crippen LogP contribution >= 0.6 is 0 Å². The molecule has 0 aromatic heterocycles. The molecule has 0 saturated heterocycles. The van der Waals surface area contributed by atoms with Gasteiger partial charge in [0.05, 0.1) is 20.3 Å². The van der Waals surface area contributed by atoms with Crippen molar-refractivity contribution in [2.24, 2.45) is 5.73 Å². The normalized spacial score (nSPS) is 10.7. The molecule has 1 rings (SSSR count). The second-order valence-corrected chi connectivity index (χ2v) is 4.87. The summed E-state index contributed by atoms with van der Waals surface area (Å²) in [6, 6.07) is 5.96. The summed E-state index contributed by atoms with van der Waals surface area (Å²) in [5, 5.41) is 0. The van der Waals surface area contributed by atoms with E-state index in [1.807, 2.05) is 25.1 Å². The molecule has 0 atom stereocenters. The van der Waals surface area contributed by atoms with Gasteiger partial charge in [0.1, 0.15) is 5.75 Å². The number of nitrogens with zero attached hydrogens (tertiary/aromatic N) is 1. The Balaban J connectivity index is 2.76. The highest BCUT2D eigenvalue weighted by atomic mass is 16.5. The fraction of sp³-hybridized carbons (Fsp3) is 0.562. The maximum Gasteiger partial charge on any atom is 0.320 e. The zero-order valence-electron chi connectivity index (χ0n) is 13.2. The largest absolute Gasteiger partial charge is 0.496 e. The van der Waals surface area contributed by atoms with Crippen LogP contribution in [-0.4, -0.2) is 37.7 Å². The SMILES string of the molecule is CCCN(CC(=O)OCC)Cc1ccc(OC)c(CN)c1. The minimum atomic E-state index is -0.182. The second-order valence-electron chi connectivity index (χ2n) is 4.87. The molecule has 0 saturated carbocycles. The van der Waals surface area contributed by atoms with Crippen LogP contribution in [-0.2, 0) is 22.6 Å². The molecule has 5 heteroatoms. The van der Waals surface area contributed by atoms with Crippen LogP contribution in [0.2, 0.25) is 0 Å². The maximum absolute atomic E-state index is 11.6. The van der Waals surface area contributed by atoms with Crippen LogP contribution in [0.5, 0.6) is 5.75 Å². The van der Waals surface area contributed by atoms with Gasteiger partial charge in [-0.1, -0.05) is 13.0 Å². The summed E-state index contributed by atoms with van der Waals surface area (Å²) in [6.07, 6.45) is 0.985. The molecular weight excluding hydrogens is 268 g/mol. The highest BCUT2D eigenvalue weighted by Gasteiger charge is 2.12. The molecule has 5 nitrogen and oxygen atoms in total. The van der Waals surface area contributed by atoms with Gasteiger partial charge < -0.3 is 15.2 Å². The lowest BCUT2D eigenvalue weighted by atomic mass is 10.1. The molecule has 0 aliphatic rings. The van der Waals surface area contributed by atoms with Crippen LogP contribution in [0.25, 0.3) is 0 Å². The third kappa shape index (κ3) is 5.73. The number of benzene rings is 1. The summed E-state index contributed by atoms with van der Waals surface area (Å²) in [4.78, 5) is 13.7. The minimum Gasteiger partial charge on any atom is -0.496 e. The molecular formula is C16H26N2O3. The highest BCUT2D eigenvalue weighted by Crippen LogP contribution is 2.20. The van der Waals surface area contributed by atoms with Crippen LogP contribution in [0.15, 0.2) is 18.2 Å². The van der Waals surface area contributed by atoms with Crippen LogP contribution in [0, 0.1) is 0 Å². The Morgan fingerprint density at radius 3 is 2.67 bits per heavy atom. The number of hydrogen-bond donors (Lipinski definition) is 1. The molecule has 118 valence electrons. The average Bonchev–Trinajstić information content (AvgIpc) is 2.47. The van der Waals surface area contributed by atoms with Crippen molar-refractivity contribution in [3.63, 3.8) is 0 Å². The molecule has 0 heterocycles. The third-order valence-electron chi connectivity index (χ3n) is 3.17. The van der Waals surface area contributed by atoms with Crippen molar-refractivity contribution in [3.8, 4) is 5.75 Å². The smallest absolute Gasteiger partial charge is 0.320 e. The predicted octanol–water partition coefficient (Wildman–Crippen LogP) is 1.93. The first kappa shape index (κ1) is 17.5. The monoisotopic (exact) mass is 294 g/mol. The van der Waals surface area contributed by atoms with Gasteiger partial charge in [-0.3, -0.25) is 9.69 Å². The topological polar surface area (TPSA) is 64.8 Å². The number of esters is 1. The Bertz CT molecular complexity index is 449. The minimum absolute atomic E-state index is 0.182. The predicted molar refractivity (Wildman–Crippen MR) is 83.1 cm³/mol. The standard InChI is InChI=1S/C16H26N2O3/c1-4-8-18(12-16(19)21-5-2)11-13-6-7-15(20-3)14(9-13)10-17/h6-7,9H,4-5,8,10-12,17H2,1-3H3. The fourth-order valence-corrected chi connectivity index (χ4v) is 2.27. The summed E-state index contributed by atoms with van der Waals surface area (Å²) in [7, 11) is 1.64. The van der Waals surface area contributed by atoms with Crippen LogP contribution in [0.1, 0.15) is 31.4 Å². The van der Waals surface area contributed by atoms with E-state index in [1.54, 1.807) is 7.11 Å². The van der Waals surface area contributed by atoms with Gasteiger partial charge in [-0.15, -0.1) is 0 Å². The van der Waals surface area contributed by atoms with E-state index in [9.17, 15) is 4.79 Å². The number of ether oxygens (including phenoxy) is 2. The number of hydrogen-bond acceptors (Lipinski definition) is 5. The van der Waals surface area contributed by atoms with Gasteiger partial charge in [0.25, 0.3) is 0 Å². The molecule has 1 aromatic carbocycles. The van der Waals surface area contributed by atoms with Gasteiger partial charge in [-0.2, -0.15) is 0 Å². The lowest BCUT2D eigenvalue weighted by Crippen LogP contribution is -2.31. The Morgan fingerprint density at radius 1 is 1.33 bits per heavy atom. The van der Waals surface area contributed by atoms with Crippen molar-refractivity contribution < 1.29 is 14.3 Å². The van der Waals surface area contributed by atoms with E-state index in [0.717, 1.165) is 29.8 Å². The number of nitrogens with two attached hydrogens (primary N) is 1. The fourth-order valence-electron chi connectivity index (χ4n) is 2.27. The third-order valence-corrected chi connectivity index (χ3v) is 3.17. The molecule has 0 bridgehead atoms. The van der Waals surface area contributed by atoms with Gasteiger partial charge in [0.2, 0.25) is 0 Å². The van der Waals surface area contributed by atoms with E-state index in [2.05, 4.69) is 11.8 Å². The summed E-state index contributed by atoms with van der Waals surface area (Å²) >= 11 is 0. The maximum atomic E-state index is 11.6. The molecule has 0 unspecified atom stereocenters. The van der Waals surface area contributed by atoms with E-state index >= 15 is 0 Å². The Hall–Kier alpha value is -1.59.